The van der Waals surface area contributed by atoms with Crippen LogP contribution in [-0.2, 0) is 26.2 Å². The van der Waals surface area contributed by atoms with Gasteiger partial charge >= 0.3 is 0 Å². The van der Waals surface area contributed by atoms with E-state index in [1.165, 1.54) is 17.0 Å². The van der Waals surface area contributed by atoms with Gasteiger partial charge in [0.05, 0.1) is 17.7 Å². The van der Waals surface area contributed by atoms with Crippen LogP contribution >= 0.6 is 11.6 Å². The summed E-state index contributed by atoms with van der Waals surface area (Å²) in [5.74, 6) is -0.198. The molecule has 0 saturated carbocycles. The molecule has 0 aliphatic heterocycles. The predicted molar refractivity (Wildman–Crippen MR) is 163 cm³/mol. The first-order valence-corrected chi connectivity index (χ1v) is 15.4. The summed E-state index contributed by atoms with van der Waals surface area (Å²) in [6, 6.07) is 17.7. The summed E-state index contributed by atoms with van der Waals surface area (Å²) in [5, 5.41) is 3.33. The summed E-state index contributed by atoms with van der Waals surface area (Å²) in [6.07, 6.45) is 1.08. The molecule has 0 aliphatic carbocycles. The van der Waals surface area contributed by atoms with Crippen molar-refractivity contribution in [1.82, 2.24) is 10.2 Å². The first-order valence-electron chi connectivity index (χ1n) is 13.6. The highest BCUT2D eigenvalue weighted by molar-refractivity contribution is 7.92. The van der Waals surface area contributed by atoms with Crippen LogP contribution in [0, 0.1) is 13.8 Å². The van der Waals surface area contributed by atoms with Crippen molar-refractivity contribution in [2.45, 2.75) is 58.0 Å². The summed E-state index contributed by atoms with van der Waals surface area (Å²) in [4.78, 5) is 28.9. The number of sulfonamides is 1. The number of carbonyl (C=O) groups excluding carboxylic acids is 2. The van der Waals surface area contributed by atoms with Crippen LogP contribution in [0.15, 0.2) is 71.6 Å². The van der Waals surface area contributed by atoms with Crippen molar-refractivity contribution in [3.05, 3.63) is 88.4 Å². The molecule has 0 saturated heterocycles. The zero-order chi connectivity index (χ0) is 30.2. The predicted octanol–water partition coefficient (Wildman–Crippen LogP) is 5.49. The minimum absolute atomic E-state index is 0.0531. The molecule has 0 aliphatic rings. The lowest BCUT2D eigenvalue weighted by Gasteiger charge is -2.33. The second-order valence-electron chi connectivity index (χ2n) is 9.84. The summed E-state index contributed by atoms with van der Waals surface area (Å²) in [5.41, 5.74) is 2.57. The van der Waals surface area contributed by atoms with Crippen molar-refractivity contribution in [3.8, 4) is 5.75 Å². The number of hydrogen-bond donors (Lipinski definition) is 1. The second kappa shape index (κ2) is 14.4. The summed E-state index contributed by atoms with van der Waals surface area (Å²) in [7, 11) is -2.61. The molecule has 0 fully saturated rings. The molecule has 0 unspecified atom stereocenters. The Hall–Kier alpha value is -3.56. The maximum absolute atomic E-state index is 14.2. The topological polar surface area (TPSA) is 96.0 Å². The number of anilines is 1. The van der Waals surface area contributed by atoms with Gasteiger partial charge in [-0.05, 0) is 80.3 Å². The summed E-state index contributed by atoms with van der Waals surface area (Å²) >= 11 is 6.18. The fourth-order valence-electron chi connectivity index (χ4n) is 4.50. The third kappa shape index (κ3) is 8.01. The molecule has 0 aromatic heterocycles. The van der Waals surface area contributed by atoms with E-state index in [4.69, 9.17) is 16.3 Å². The van der Waals surface area contributed by atoms with E-state index in [9.17, 15) is 18.0 Å². The zero-order valence-corrected chi connectivity index (χ0v) is 25.8. The Balaban J connectivity index is 2.09. The van der Waals surface area contributed by atoms with Crippen molar-refractivity contribution >= 4 is 39.1 Å². The normalized spacial score (nSPS) is 12.0. The van der Waals surface area contributed by atoms with Gasteiger partial charge in [-0.15, -0.1) is 0 Å². The van der Waals surface area contributed by atoms with E-state index in [1.54, 1.807) is 62.6 Å². The van der Waals surface area contributed by atoms with Gasteiger partial charge in [0, 0.05) is 18.1 Å². The molecule has 41 heavy (non-hydrogen) atoms. The van der Waals surface area contributed by atoms with Crippen LogP contribution in [0.4, 0.5) is 5.69 Å². The smallest absolute Gasteiger partial charge is 0.264 e. The van der Waals surface area contributed by atoms with E-state index in [1.807, 2.05) is 26.8 Å². The molecule has 3 aromatic rings. The van der Waals surface area contributed by atoms with Gasteiger partial charge in [0.2, 0.25) is 11.8 Å². The lowest BCUT2D eigenvalue weighted by atomic mass is 10.1. The minimum Gasteiger partial charge on any atom is -0.497 e. The SMILES string of the molecule is CCCNC(=O)[C@@H](CC)N(Cc1cccc(OC)c1)C(=O)CN(c1ccc(Cl)cc1C)S(=O)(=O)c1ccc(C)cc1. The second-order valence-corrected chi connectivity index (χ2v) is 12.1. The van der Waals surface area contributed by atoms with Gasteiger partial charge in [0.15, 0.2) is 0 Å². The molecule has 0 radical (unpaired) electrons. The number of carbonyl (C=O) groups is 2. The Morgan fingerprint density at radius 2 is 1.71 bits per heavy atom. The summed E-state index contributed by atoms with van der Waals surface area (Å²) in [6.45, 7) is 7.42. The van der Waals surface area contributed by atoms with Crippen LogP contribution in [0.5, 0.6) is 5.75 Å². The monoisotopic (exact) mass is 599 g/mol. The maximum Gasteiger partial charge on any atom is 0.264 e. The highest BCUT2D eigenvalue weighted by Gasteiger charge is 2.34. The van der Waals surface area contributed by atoms with E-state index in [0.717, 1.165) is 21.9 Å². The standard InChI is InChI=1S/C31H38ClN3O5S/c1-6-17-33-31(37)28(7-2)34(20-24-9-8-10-26(19-24)40-5)30(36)21-35(29-16-13-25(32)18-23(29)4)41(38,39)27-14-11-22(3)12-15-27/h8-16,18-19,28H,6-7,17,20-21H2,1-5H3,(H,33,37)/t28-/m1/s1. The number of halogens is 1. The van der Waals surface area contributed by atoms with Crippen molar-refractivity contribution in [1.29, 1.82) is 0 Å². The van der Waals surface area contributed by atoms with E-state index < -0.39 is 28.5 Å². The molecule has 0 bridgehead atoms. The highest BCUT2D eigenvalue weighted by Crippen LogP contribution is 2.30. The number of ether oxygens (including phenoxy) is 1. The van der Waals surface area contributed by atoms with Crippen LogP contribution in [0.1, 0.15) is 43.4 Å². The van der Waals surface area contributed by atoms with E-state index in [2.05, 4.69) is 5.32 Å². The largest absolute Gasteiger partial charge is 0.497 e. The molecular weight excluding hydrogens is 562 g/mol. The molecule has 0 heterocycles. The third-order valence-electron chi connectivity index (χ3n) is 6.74. The average molecular weight is 600 g/mol. The molecular formula is C31H38ClN3O5S. The fraction of sp³-hybridized carbons (Fsp3) is 0.355. The fourth-order valence-corrected chi connectivity index (χ4v) is 6.21. The number of amides is 2. The van der Waals surface area contributed by atoms with Gasteiger partial charge in [-0.1, -0.05) is 55.3 Å². The van der Waals surface area contributed by atoms with Gasteiger partial charge in [0.25, 0.3) is 10.0 Å². The lowest BCUT2D eigenvalue weighted by molar-refractivity contribution is -0.140. The lowest BCUT2D eigenvalue weighted by Crippen LogP contribution is -2.52. The molecule has 1 N–H and O–H groups in total. The van der Waals surface area contributed by atoms with Crippen LogP contribution in [-0.4, -0.2) is 51.4 Å². The molecule has 3 rings (SSSR count). The number of hydrogen-bond acceptors (Lipinski definition) is 5. The van der Waals surface area contributed by atoms with Gasteiger partial charge in [0.1, 0.15) is 18.3 Å². The van der Waals surface area contributed by atoms with Gasteiger partial charge in [-0.2, -0.15) is 0 Å². The molecule has 3 aromatic carbocycles. The number of benzene rings is 3. The van der Waals surface area contributed by atoms with Gasteiger partial charge < -0.3 is 15.0 Å². The Kier molecular flexibility index (Phi) is 11.2. The third-order valence-corrected chi connectivity index (χ3v) is 8.75. The molecule has 220 valence electrons. The molecule has 1 atom stereocenters. The molecule has 2 amide bonds. The first kappa shape index (κ1) is 32.0. The maximum atomic E-state index is 14.2. The zero-order valence-electron chi connectivity index (χ0n) is 24.2. The molecule has 8 nitrogen and oxygen atoms in total. The van der Waals surface area contributed by atoms with E-state index in [0.29, 0.717) is 35.0 Å². The Morgan fingerprint density at radius 1 is 1.00 bits per heavy atom. The van der Waals surface area contributed by atoms with Crippen molar-refractivity contribution in [2.24, 2.45) is 0 Å². The van der Waals surface area contributed by atoms with E-state index in [-0.39, 0.29) is 17.3 Å². The Bertz CT molecular complexity index is 1460. The van der Waals surface area contributed by atoms with Crippen molar-refractivity contribution in [2.75, 3.05) is 24.5 Å². The number of methoxy groups -OCH3 is 1. The van der Waals surface area contributed by atoms with Crippen LogP contribution in [0.3, 0.4) is 0 Å². The van der Waals surface area contributed by atoms with E-state index >= 15 is 0 Å². The van der Waals surface area contributed by atoms with Crippen molar-refractivity contribution in [3.63, 3.8) is 0 Å². The number of nitrogens with zero attached hydrogens (tertiary/aromatic N) is 2. The summed E-state index contributed by atoms with van der Waals surface area (Å²) < 4.78 is 34.5. The first-order chi connectivity index (χ1) is 19.5. The van der Waals surface area contributed by atoms with Crippen LogP contribution in [0.2, 0.25) is 5.02 Å². The highest BCUT2D eigenvalue weighted by atomic mass is 35.5. The van der Waals surface area contributed by atoms with Crippen LogP contribution < -0.4 is 14.4 Å². The average Bonchev–Trinajstić information content (AvgIpc) is 2.95. The number of aryl methyl sites for hydroxylation is 2. The van der Waals surface area contributed by atoms with Crippen molar-refractivity contribution < 1.29 is 22.7 Å². The van der Waals surface area contributed by atoms with Gasteiger partial charge in [-0.3, -0.25) is 13.9 Å². The quantitative estimate of drug-likeness (QED) is 0.280. The van der Waals surface area contributed by atoms with Gasteiger partial charge in [-0.25, -0.2) is 8.42 Å². The number of nitrogens with one attached hydrogen (secondary N) is 1. The number of rotatable bonds is 13. The Labute approximate surface area is 248 Å². The molecule has 10 heteroatoms. The Morgan fingerprint density at radius 3 is 2.32 bits per heavy atom. The van der Waals surface area contributed by atoms with Crippen LogP contribution in [0.25, 0.3) is 0 Å². The minimum atomic E-state index is -4.16. The molecule has 0 spiro atoms.